The largest absolute Gasteiger partial charge is 0.490 e. The van der Waals surface area contributed by atoms with E-state index in [1.807, 2.05) is 53.6 Å². The van der Waals surface area contributed by atoms with Gasteiger partial charge in [0.05, 0.1) is 12.2 Å². The summed E-state index contributed by atoms with van der Waals surface area (Å²) >= 11 is 0. The third kappa shape index (κ3) is 6.14. The van der Waals surface area contributed by atoms with Crippen LogP contribution in [0.5, 0.6) is 0 Å². The lowest BCUT2D eigenvalue weighted by atomic mass is 9.86. The van der Waals surface area contributed by atoms with E-state index in [1.54, 1.807) is 6.20 Å². The predicted molar refractivity (Wildman–Crippen MR) is 127 cm³/mol. The number of H-pyrrole nitrogens is 1. The first-order valence-electron chi connectivity index (χ1n) is 11.6. The van der Waals surface area contributed by atoms with E-state index in [0.717, 1.165) is 61.2 Å². The Morgan fingerprint density at radius 3 is 2.78 bits per heavy atom. The van der Waals surface area contributed by atoms with Gasteiger partial charge >= 0.3 is 12.1 Å². The Bertz CT molecular complexity index is 1200. The number of anilines is 1. The quantitative estimate of drug-likeness (QED) is 0.489. The Balaban J connectivity index is 0.000000384. The molecule has 11 heteroatoms. The normalized spacial score (nSPS) is 21.8. The third-order valence-corrected chi connectivity index (χ3v) is 6.39. The molecule has 1 spiro atoms. The molecule has 2 aliphatic heterocycles. The Morgan fingerprint density at radius 2 is 2.06 bits per heavy atom. The number of alkyl halides is 3. The van der Waals surface area contributed by atoms with E-state index < -0.39 is 12.1 Å². The topological polar surface area (TPSA) is 108 Å². The van der Waals surface area contributed by atoms with Gasteiger partial charge in [-0.1, -0.05) is 6.07 Å². The van der Waals surface area contributed by atoms with Gasteiger partial charge in [0, 0.05) is 54.4 Å². The number of hydrogen-bond acceptors (Lipinski definition) is 5. The summed E-state index contributed by atoms with van der Waals surface area (Å²) in [5, 5.41) is 11.6. The van der Waals surface area contributed by atoms with E-state index >= 15 is 0 Å². The van der Waals surface area contributed by atoms with Crippen LogP contribution in [-0.2, 0) is 9.53 Å². The van der Waals surface area contributed by atoms with E-state index in [2.05, 4.69) is 15.3 Å². The number of aliphatic carboxylic acids is 1. The molecule has 192 valence electrons. The summed E-state index contributed by atoms with van der Waals surface area (Å²) in [5.74, 6) is -1.32. The van der Waals surface area contributed by atoms with Crippen LogP contribution in [0.15, 0.2) is 54.9 Å². The van der Waals surface area contributed by atoms with Crippen molar-refractivity contribution in [2.75, 3.05) is 31.6 Å². The van der Waals surface area contributed by atoms with Crippen LogP contribution in [0, 0.1) is 5.92 Å². The summed E-state index contributed by atoms with van der Waals surface area (Å²) in [7, 11) is 0. The molecule has 0 saturated carbocycles. The van der Waals surface area contributed by atoms with Crippen LogP contribution in [0.3, 0.4) is 0 Å². The number of ether oxygens (including phenoxy) is 1. The van der Waals surface area contributed by atoms with Crippen molar-refractivity contribution in [2.24, 2.45) is 5.92 Å². The maximum Gasteiger partial charge on any atom is 0.490 e. The van der Waals surface area contributed by atoms with Crippen LogP contribution in [0.2, 0.25) is 0 Å². The first-order chi connectivity index (χ1) is 17.2. The van der Waals surface area contributed by atoms with E-state index in [1.165, 1.54) is 0 Å². The average Bonchev–Trinajstić information content (AvgIpc) is 3.49. The lowest BCUT2D eigenvalue weighted by Crippen LogP contribution is -2.50. The highest BCUT2D eigenvalue weighted by molar-refractivity contribution is 5.98. The minimum atomic E-state index is -5.08. The number of aromatic nitrogens is 2. The minimum absolute atomic E-state index is 0.103. The highest BCUT2D eigenvalue weighted by atomic mass is 19.4. The van der Waals surface area contributed by atoms with Gasteiger partial charge in [-0.05, 0) is 55.7 Å². The molecule has 3 N–H and O–H groups in total. The first-order valence-corrected chi connectivity index (χ1v) is 11.6. The summed E-state index contributed by atoms with van der Waals surface area (Å²) in [5.41, 5.74) is 1.60. The van der Waals surface area contributed by atoms with Gasteiger partial charge in [-0.2, -0.15) is 13.2 Å². The van der Waals surface area contributed by atoms with Crippen LogP contribution in [-0.4, -0.2) is 69.9 Å². The zero-order valence-electron chi connectivity index (χ0n) is 19.4. The molecule has 1 amide bonds. The maximum absolute atomic E-state index is 13.1. The molecular formula is C25H27F3N4O4. The van der Waals surface area contributed by atoms with Gasteiger partial charge in [0.25, 0.3) is 5.91 Å². The summed E-state index contributed by atoms with van der Waals surface area (Å²) in [4.78, 5) is 31.5. The molecule has 8 nitrogen and oxygen atoms in total. The third-order valence-electron chi connectivity index (χ3n) is 6.39. The zero-order valence-corrected chi connectivity index (χ0v) is 19.4. The monoisotopic (exact) mass is 504 g/mol. The molecule has 2 fully saturated rings. The Morgan fingerprint density at radius 1 is 1.25 bits per heavy atom. The number of likely N-dealkylation sites (tertiary alicyclic amines) is 1. The average molecular weight is 505 g/mol. The summed E-state index contributed by atoms with van der Waals surface area (Å²) < 4.78 is 38.0. The van der Waals surface area contributed by atoms with Crippen LogP contribution < -0.4 is 5.32 Å². The molecule has 36 heavy (non-hydrogen) atoms. The Kier molecular flexibility index (Phi) is 7.48. The number of pyridine rings is 1. The predicted octanol–water partition coefficient (Wildman–Crippen LogP) is 4.32. The smallest absolute Gasteiger partial charge is 0.475 e. The molecule has 0 bridgehead atoms. The Hall–Kier alpha value is -3.60. The van der Waals surface area contributed by atoms with Crippen LogP contribution in [0.25, 0.3) is 10.9 Å². The second kappa shape index (κ2) is 10.6. The van der Waals surface area contributed by atoms with Crippen molar-refractivity contribution >= 4 is 28.6 Å². The molecule has 5 rings (SSSR count). The number of nitrogens with zero attached hydrogens (tertiary/aromatic N) is 2. The first kappa shape index (κ1) is 25.5. The molecule has 0 radical (unpaired) electrons. The van der Waals surface area contributed by atoms with Gasteiger partial charge in [-0.25, -0.2) is 9.78 Å². The van der Waals surface area contributed by atoms with E-state index in [-0.39, 0.29) is 11.5 Å². The van der Waals surface area contributed by atoms with E-state index in [9.17, 15) is 18.0 Å². The Labute approximate surface area is 205 Å². The van der Waals surface area contributed by atoms with E-state index in [0.29, 0.717) is 12.5 Å². The molecule has 2 saturated heterocycles. The lowest BCUT2D eigenvalue weighted by molar-refractivity contribution is -0.192. The van der Waals surface area contributed by atoms with Crippen molar-refractivity contribution in [3.63, 3.8) is 0 Å². The number of hydrogen-bond donors (Lipinski definition) is 3. The number of piperidine rings is 1. The molecule has 3 aromatic rings. The molecule has 4 heterocycles. The lowest BCUT2D eigenvalue weighted by Gasteiger charge is -2.40. The number of carboxylic acids is 1. The molecule has 2 aliphatic rings. The molecule has 2 aromatic heterocycles. The number of rotatable bonds is 4. The zero-order chi connectivity index (χ0) is 25.8. The summed E-state index contributed by atoms with van der Waals surface area (Å²) in [6, 6.07) is 13.8. The number of fused-ring (bicyclic) bond motifs is 1. The number of amides is 1. The van der Waals surface area contributed by atoms with Gasteiger partial charge in [0.15, 0.2) is 0 Å². The summed E-state index contributed by atoms with van der Waals surface area (Å²) in [6.07, 6.45) is 1.60. The van der Waals surface area contributed by atoms with Crippen molar-refractivity contribution in [2.45, 2.75) is 31.0 Å². The number of carboxylic acid groups (broad SMARTS) is 1. The van der Waals surface area contributed by atoms with Gasteiger partial charge in [-0.3, -0.25) is 4.79 Å². The van der Waals surface area contributed by atoms with Crippen molar-refractivity contribution in [3.8, 4) is 0 Å². The van der Waals surface area contributed by atoms with Gasteiger partial charge in [0.2, 0.25) is 0 Å². The standard InChI is InChI=1S/C23H26N4O2.C2HF3O2/c28-22(19-5-6-20-18(12-19)7-10-24-20)27-11-3-8-23(16-27)13-17(15-29-23)14-26-21-4-1-2-9-25-21;3-2(4,5)1(6)7/h1-2,4-7,9-10,12,17,24H,3,8,11,13-16H2,(H,25,26);(H,6,7). The van der Waals surface area contributed by atoms with Crippen LogP contribution >= 0.6 is 0 Å². The fourth-order valence-corrected chi connectivity index (χ4v) is 4.71. The number of benzene rings is 1. The van der Waals surface area contributed by atoms with Gasteiger partial charge < -0.3 is 25.0 Å². The fourth-order valence-electron chi connectivity index (χ4n) is 4.71. The molecule has 1 aromatic carbocycles. The highest BCUT2D eigenvalue weighted by Gasteiger charge is 2.44. The fraction of sp³-hybridized carbons (Fsp3) is 0.400. The number of carbonyl (C=O) groups excluding carboxylic acids is 1. The summed E-state index contributed by atoms with van der Waals surface area (Å²) in [6.45, 7) is 3.05. The van der Waals surface area contributed by atoms with E-state index in [4.69, 9.17) is 14.6 Å². The second-order valence-corrected chi connectivity index (χ2v) is 9.07. The minimum Gasteiger partial charge on any atom is -0.475 e. The van der Waals surface area contributed by atoms with Crippen molar-refractivity contribution in [1.29, 1.82) is 0 Å². The molecule has 2 unspecified atom stereocenters. The van der Waals surface area contributed by atoms with Crippen molar-refractivity contribution in [3.05, 3.63) is 60.4 Å². The number of aromatic amines is 1. The SMILES string of the molecule is O=C(O)C(F)(F)F.O=C(c1ccc2[nH]ccc2c1)N1CCCC2(CC(CNc3ccccn3)CO2)C1. The van der Waals surface area contributed by atoms with Crippen molar-refractivity contribution < 1.29 is 32.6 Å². The maximum atomic E-state index is 13.1. The van der Waals surface area contributed by atoms with Gasteiger partial charge in [-0.15, -0.1) is 0 Å². The van der Waals surface area contributed by atoms with Crippen molar-refractivity contribution in [1.82, 2.24) is 14.9 Å². The second-order valence-electron chi connectivity index (χ2n) is 9.07. The highest BCUT2D eigenvalue weighted by Crippen LogP contribution is 2.38. The molecule has 0 aliphatic carbocycles. The molecular weight excluding hydrogens is 477 g/mol. The number of carbonyl (C=O) groups is 2. The van der Waals surface area contributed by atoms with Gasteiger partial charge in [0.1, 0.15) is 5.82 Å². The number of nitrogens with one attached hydrogen (secondary N) is 2. The van der Waals surface area contributed by atoms with Crippen LogP contribution in [0.1, 0.15) is 29.6 Å². The number of halogens is 3. The molecule has 2 atom stereocenters. The van der Waals surface area contributed by atoms with Crippen LogP contribution in [0.4, 0.5) is 19.0 Å².